The van der Waals surface area contributed by atoms with Crippen LogP contribution in [-0.4, -0.2) is 62.3 Å². The highest BCUT2D eigenvalue weighted by molar-refractivity contribution is 7.88. The molecule has 2 saturated heterocycles. The lowest BCUT2D eigenvalue weighted by Crippen LogP contribution is -2.60. The maximum absolute atomic E-state index is 13.8. The Morgan fingerprint density at radius 2 is 2.09 bits per heavy atom. The molecule has 2 aliphatic heterocycles. The molecule has 2 heterocycles. The fourth-order valence-corrected chi connectivity index (χ4v) is 4.43. The van der Waals surface area contributed by atoms with Crippen LogP contribution in [-0.2, 0) is 21.3 Å². The van der Waals surface area contributed by atoms with Gasteiger partial charge in [0.1, 0.15) is 5.82 Å². The number of ether oxygens (including phenoxy) is 1. The van der Waals surface area contributed by atoms with Crippen molar-refractivity contribution >= 4 is 10.0 Å². The van der Waals surface area contributed by atoms with Gasteiger partial charge in [-0.05, 0) is 12.5 Å². The van der Waals surface area contributed by atoms with E-state index in [1.54, 1.807) is 12.1 Å². The van der Waals surface area contributed by atoms with Crippen molar-refractivity contribution in [2.45, 2.75) is 25.1 Å². The number of morpholine rings is 1. The summed E-state index contributed by atoms with van der Waals surface area (Å²) in [5.74, 6) is -0.218. The molecule has 122 valence electrons. The molecule has 0 saturated carbocycles. The minimum Gasteiger partial charge on any atom is -0.375 e. The van der Waals surface area contributed by atoms with Gasteiger partial charge in [0.15, 0.2) is 0 Å². The fraction of sp³-hybridized carbons (Fsp3) is 0.600. The lowest BCUT2D eigenvalue weighted by atomic mass is 10.00. The van der Waals surface area contributed by atoms with Crippen molar-refractivity contribution in [2.75, 3.05) is 32.5 Å². The van der Waals surface area contributed by atoms with Crippen molar-refractivity contribution in [3.8, 4) is 0 Å². The number of fused-ring (bicyclic) bond motifs is 1. The van der Waals surface area contributed by atoms with Gasteiger partial charge in [0, 0.05) is 31.7 Å². The average Bonchev–Trinajstić information content (AvgIpc) is 2.48. The van der Waals surface area contributed by atoms with E-state index in [0.29, 0.717) is 31.8 Å². The lowest BCUT2D eigenvalue weighted by molar-refractivity contribution is -0.0769. The van der Waals surface area contributed by atoms with Gasteiger partial charge >= 0.3 is 0 Å². The highest BCUT2D eigenvalue weighted by atomic mass is 32.2. The van der Waals surface area contributed by atoms with Crippen LogP contribution in [0.4, 0.5) is 4.39 Å². The Bertz CT molecular complexity index is 637. The van der Waals surface area contributed by atoms with Crippen LogP contribution in [0.1, 0.15) is 12.0 Å². The molecule has 0 amide bonds. The van der Waals surface area contributed by atoms with Crippen LogP contribution in [0, 0.1) is 5.82 Å². The zero-order valence-corrected chi connectivity index (χ0v) is 13.4. The topological polar surface area (TPSA) is 49.9 Å². The van der Waals surface area contributed by atoms with Crippen molar-refractivity contribution in [1.82, 2.24) is 9.21 Å². The maximum atomic E-state index is 13.8. The smallest absolute Gasteiger partial charge is 0.211 e. The molecule has 2 atom stereocenters. The van der Waals surface area contributed by atoms with E-state index in [2.05, 4.69) is 4.90 Å². The molecule has 0 unspecified atom stereocenters. The minimum atomic E-state index is -3.25. The predicted octanol–water partition coefficient (Wildman–Crippen LogP) is 1.06. The number of nitrogens with zero attached hydrogens (tertiary/aromatic N) is 2. The number of likely N-dealkylation sites (tertiary alicyclic amines) is 1. The van der Waals surface area contributed by atoms with Crippen LogP contribution >= 0.6 is 0 Å². The molecule has 0 aromatic heterocycles. The van der Waals surface area contributed by atoms with Gasteiger partial charge in [-0.3, -0.25) is 4.90 Å². The first-order valence-electron chi connectivity index (χ1n) is 7.49. The van der Waals surface area contributed by atoms with E-state index in [-0.39, 0.29) is 18.0 Å². The molecule has 3 rings (SSSR count). The first kappa shape index (κ1) is 15.9. The molecule has 2 fully saturated rings. The summed E-state index contributed by atoms with van der Waals surface area (Å²) in [5, 5.41) is 0. The molecular formula is C15H21FN2O3S. The van der Waals surface area contributed by atoms with Crippen LogP contribution < -0.4 is 0 Å². The van der Waals surface area contributed by atoms with Crippen LogP contribution in [0.15, 0.2) is 24.3 Å². The standard InChI is InChI=1S/C15H21FN2O3S/c1-22(19,20)18-8-9-21-15-6-7-17(11-14(15)18)10-12-4-2-3-5-13(12)16/h2-5,14-15H,6-11H2,1H3/t14-,15-/m1/s1. The predicted molar refractivity (Wildman–Crippen MR) is 81.4 cm³/mol. The summed E-state index contributed by atoms with van der Waals surface area (Å²) < 4.78 is 44.9. The van der Waals surface area contributed by atoms with Gasteiger partial charge in [0.2, 0.25) is 10.0 Å². The normalized spacial score (nSPS) is 27.5. The largest absolute Gasteiger partial charge is 0.375 e. The quantitative estimate of drug-likeness (QED) is 0.833. The number of hydrogen-bond acceptors (Lipinski definition) is 4. The van der Waals surface area contributed by atoms with Gasteiger partial charge in [0.25, 0.3) is 0 Å². The Morgan fingerprint density at radius 3 is 2.82 bits per heavy atom. The monoisotopic (exact) mass is 328 g/mol. The molecule has 1 aromatic rings. The fourth-order valence-electron chi connectivity index (χ4n) is 3.33. The van der Waals surface area contributed by atoms with Gasteiger partial charge in [-0.25, -0.2) is 12.8 Å². The first-order valence-corrected chi connectivity index (χ1v) is 9.34. The van der Waals surface area contributed by atoms with Crippen LogP contribution in [0.5, 0.6) is 0 Å². The Kier molecular flexibility index (Phi) is 4.49. The second kappa shape index (κ2) is 6.23. The van der Waals surface area contributed by atoms with Gasteiger partial charge in [-0.2, -0.15) is 4.31 Å². The summed E-state index contributed by atoms with van der Waals surface area (Å²) in [4.78, 5) is 2.10. The van der Waals surface area contributed by atoms with E-state index >= 15 is 0 Å². The Labute approximate surface area is 130 Å². The molecule has 5 nitrogen and oxygen atoms in total. The van der Waals surface area contributed by atoms with Crippen LogP contribution in [0.25, 0.3) is 0 Å². The molecule has 0 bridgehead atoms. The van der Waals surface area contributed by atoms with E-state index in [1.807, 2.05) is 6.07 Å². The molecule has 7 heteroatoms. The minimum absolute atomic E-state index is 0.0552. The van der Waals surface area contributed by atoms with Gasteiger partial charge in [0.05, 0.1) is 25.0 Å². The number of benzene rings is 1. The van der Waals surface area contributed by atoms with E-state index < -0.39 is 10.0 Å². The second-order valence-corrected chi connectivity index (χ2v) is 7.90. The van der Waals surface area contributed by atoms with Crippen LogP contribution in [0.3, 0.4) is 0 Å². The molecule has 2 aliphatic rings. The SMILES string of the molecule is CS(=O)(=O)N1CCO[C@@H]2CCN(Cc3ccccc3F)C[C@H]21. The molecule has 1 aromatic carbocycles. The van der Waals surface area contributed by atoms with Crippen LogP contribution in [0.2, 0.25) is 0 Å². The maximum Gasteiger partial charge on any atom is 0.211 e. The lowest BCUT2D eigenvalue weighted by Gasteiger charge is -2.45. The van der Waals surface area contributed by atoms with Crippen molar-refractivity contribution in [3.05, 3.63) is 35.6 Å². The summed E-state index contributed by atoms with van der Waals surface area (Å²) in [5.41, 5.74) is 0.642. The van der Waals surface area contributed by atoms with E-state index in [4.69, 9.17) is 4.74 Å². The summed E-state index contributed by atoms with van der Waals surface area (Å²) in [6, 6.07) is 6.54. The Balaban J connectivity index is 1.74. The molecule has 22 heavy (non-hydrogen) atoms. The zero-order valence-electron chi connectivity index (χ0n) is 12.6. The van der Waals surface area contributed by atoms with Crippen molar-refractivity contribution in [2.24, 2.45) is 0 Å². The summed E-state index contributed by atoms with van der Waals surface area (Å²) >= 11 is 0. The van der Waals surface area contributed by atoms with Crippen molar-refractivity contribution < 1.29 is 17.5 Å². The molecule has 0 N–H and O–H groups in total. The van der Waals surface area contributed by atoms with Gasteiger partial charge < -0.3 is 4.74 Å². The number of rotatable bonds is 3. The highest BCUT2D eigenvalue weighted by Gasteiger charge is 2.40. The molecule has 0 spiro atoms. The second-order valence-electron chi connectivity index (χ2n) is 5.97. The number of sulfonamides is 1. The average molecular weight is 328 g/mol. The third-order valence-corrected chi connectivity index (χ3v) is 5.70. The molecule has 0 radical (unpaired) electrons. The highest BCUT2D eigenvalue weighted by Crippen LogP contribution is 2.26. The summed E-state index contributed by atoms with van der Waals surface area (Å²) in [7, 11) is -3.25. The van der Waals surface area contributed by atoms with Crippen molar-refractivity contribution in [3.63, 3.8) is 0 Å². The third-order valence-electron chi connectivity index (χ3n) is 4.40. The van der Waals surface area contributed by atoms with E-state index in [1.165, 1.54) is 16.6 Å². The number of piperidine rings is 1. The summed E-state index contributed by atoms with van der Waals surface area (Å²) in [6.07, 6.45) is 1.96. The molecular weight excluding hydrogens is 307 g/mol. The first-order chi connectivity index (χ1) is 10.4. The summed E-state index contributed by atoms with van der Waals surface area (Å²) in [6.45, 7) is 2.70. The number of hydrogen-bond donors (Lipinski definition) is 0. The van der Waals surface area contributed by atoms with E-state index in [9.17, 15) is 12.8 Å². The van der Waals surface area contributed by atoms with Crippen molar-refractivity contribution in [1.29, 1.82) is 0 Å². The van der Waals surface area contributed by atoms with Gasteiger partial charge in [-0.15, -0.1) is 0 Å². The zero-order chi connectivity index (χ0) is 15.7. The van der Waals surface area contributed by atoms with Gasteiger partial charge in [-0.1, -0.05) is 18.2 Å². The molecule has 0 aliphatic carbocycles. The Hall–Kier alpha value is -1.02. The van der Waals surface area contributed by atoms with E-state index in [0.717, 1.165) is 13.0 Å². The Morgan fingerprint density at radius 1 is 1.32 bits per heavy atom. The number of halogens is 1. The third kappa shape index (κ3) is 3.32.